The normalized spacial score (nSPS) is 13.5. The molecule has 0 saturated carbocycles. The van der Waals surface area contributed by atoms with E-state index in [4.69, 9.17) is 0 Å². The van der Waals surface area contributed by atoms with E-state index in [1.807, 2.05) is 25.6 Å². The number of hydrogen-bond acceptors (Lipinski definition) is 4. The van der Waals surface area contributed by atoms with E-state index < -0.39 is 0 Å². The quantitative estimate of drug-likeness (QED) is 0.752. The molecule has 1 atom stereocenters. The third kappa shape index (κ3) is 3.85. The number of hydrogen-bond donors (Lipinski definition) is 2. The topological polar surface area (TPSA) is 45.1 Å². The molecule has 4 heteroatoms. The molecule has 0 radical (unpaired) electrons. The molecule has 13 heavy (non-hydrogen) atoms. The van der Waals surface area contributed by atoms with Crippen LogP contribution in [0.25, 0.3) is 0 Å². The summed E-state index contributed by atoms with van der Waals surface area (Å²) in [7, 11) is 0. The Morgan fingerprint density at radius 3 is 2.92 bits per heavy atom. The van der Waals surface area contributed by atoms with Crippen LogP contribution in [0.2, 0.25) is 0 Å². The molecule has 0 saturated heterocycles. The van der Waals surface area contributed by atoms with Gasteiger partial charge >= 0.3 is 0 Å². The summed E-state index contributed by atoms with van der Waals surface area (Å²) in [6.45, 7) is 5.47. The number of aliphatic hydroxyl groups is 1. The van der Waals surface area contributed by atoms with Crippen LogP contribution in [-0.4, -0.2) is 22.7 Å². The molecule has 0 aliphatic heterocycles. The van der Waals surface area contributed by atoms with Gasteiger partial charge < -0.3 is 10.4 Å². The first-order valence-corrected chi connectivity index (χ1v) is 5.34. The Labute approximate surface area is 82.8 Å². The molecule has 3 nitrogen and oxygen atoms in total. The Morgan fingerprint density at radius 2 is 2.38 bits per heavy atom. The third-order valence-electron chi connectivity index (χ3n) is 1.91. The maximum absolute atomic E-state index is 9.48. The molecule has 0 amide bonds. The largest absolute Gasteiger partial charge is 0.392 e. The van der Waals surface area contributed by atoms with Crippen molar-refractivity contribution in [2.24, 2.45) is 5.92 Å². The fourth-order valence-corrected chi connectivity index (χ4v) is 1.47. The molecule has 0 spiro atoms. The Bertz CT molecular complexity index is 224. The Hall–Kier alpha value is -0.450. The third-order valence-corrected chi connectivity index (χ3v) is 2.69. The first kappa shape index (κ1) is 10.6. The number of nitrogens with one attached hydrogen (secondary N) is 1. The average molecular weight is 200 g/mol. The minimum atomic E-state index is -0.257. The van der Waals surface area contributed by atoms with Gasteiger partial charge in [-0.2, -0.15) is 0 Å². The Kier molecular flexibility index (Phi) is 4.35. The zero-order valence-corrected chi connectivity index (χ0v) is 8.84. The van der Waals surface area contributed by atoms with Crippen LogP contribution in [0.3, 0.4) is 0 Å². The van der Waals surface area contributed by atoms with Crippen molar-refractivity contribution >= 4 is 11.3 Å². The predicted molar refractivity (Wildman–Crippen MR) is 54.7 cm³/mol. The lowest BCUT2D eigenvalue weighted by Gasteiger charge is -2.14. The van der Waals surface area contributed by atoms with Gasteiger partial charge in [-0.25, -0.2) is 0 Å². The Balaban J connectivity index is 2.14. The lowest BCUT2D eigenvalue weighted by Crippen LogP contribution is -2.29. The van der Waals surface area contributed by atoms with Crippen molar-refractivity contribution < 1.29 is 5.11 Å². The van der Waals surface area contributed by atoms with Crippen LogP contribution >= 0.6 is 11.3 Å². The van der Waals surface area contributed by atoms with Gasteiger partial charge in [0.15, 0.2) is 0 Å². The molecule has 0 aliphatic carbocycles. The van der Waals surface area contributed by atoms with Gasteiger partial charge in [0.2, 0.25) is 0 Å². The van der Waals surface area contributed by atoms with Crippen molar-refractivity contribution in [1.29, 1.82) is 0 Å². The van der Waals surface area contributed by atoms with Crippen molar-refractivity contribution in [2.45, 2.75) is 26.5 Å². The zero-order valence-electron chi connectivity index (χ0n) is 8.03. The number of aromatic nitrogens is 1. The molecule has 1 rings (SSSR count). The van der Waals surface area contributed by atoms with Crippen molar-refractivity contribution in [3.63, 3.8) is 0 Å². The van der Waals surface area contributed by atoms with E-state index >= 15 is 0 Å². The molecule has 1 heterocycles. The second-order valence-electron chi connectivity index (χ2n) is 3.41. The number of thiazole rings is 1. The van der Waals surface area contributed by atoms with E-state index in [1.54, 1.807) is 11.3 Å². The molecular formula is C9H16N2OS. The first-order chi connectivity index (χ1) is 6.20. The fourth-order valence-electron chi connectivity index (χ4n) is 0.908. The van der Waals surface area contributed by atoms with E-state index in [0.717, 1.165) is 6.54 Å². The molecule has 1 aromatic rings. The van der Waals surface area contributed by atoms with Gasteiger partial charge in [0.05, 0.1) is 11.6 Å². The van der Waals surface area contributed by atoms with E-state index in [2.05, 4.69) is 10.3 Å². The molecular weight excluding hydrogens is 184 g/mol. The highest BCUT2D eigenvalue weighted by Gasteiger charge is 2.07. The van der Waals surface area contributed by atoms with Crippen molar-refractivity contribution in [1.82, 2.24) is 10.3 Å². The maximum Gasteiger partial charge on any atom is 0.0794 e. The maximum atomic E-state index is 9.48. The van der Waals surface area contributed by atoms with Crippen LogP contribution in [0.1, 0.15) is 18.7 Å². The van der Waals surface area contributed by atoms with Gasteiger partial charge in [-0.3, -0.25) is 4.98 Å². The summed E-state index contributed by atoms with van der Waals surface area (Å²) in [5.41, 5.74) is 1.82. The van der Waals surface area contributed by atoms with E-state index in [1.165, 1.54) is 4.88 Å². The highest BCUT2D eigenvalue weighted by Crippen LogP contribution is 2.05. The molecule has 1 aromatic heterocycles. The average Bonchev–Trinajstić information content (AvgIpc) is 2.56. The second-order valence-corrected chi connectivity index (χ2v) is 4.38. The molecule has 2 N–H and O–H groups in total. The van der Waals surface area contributed by atoms with Gasteiger partial charge in [-0.1, -0.05) is 13.8 Å². The molecule has 74 valence electrons. The van der Waals surface area contributed by atoms with Crippen LogP contribution < -0.4 is 5.32 Å². The number of nitrogens with zero attached hydrogens (tertiary/aromatic N) is 1. The van der Waals surface area contributed by atoms with E-state index in [9.17, 15) is 5.11 Å². The molecule has 0 fully saturated rings. The van der Waals surface area contributed by atoms with E-state index in [-0.39, 0.29) is 6.10 Å². The summed E-state index contributed by atoms with van der Waals surface area (Å²) >= 11 is 1.63. The van der Waals surface area contributed by atoms with Crippen molar-refractivity contribution in [3.05, 3.63) is 16.6 Å². The molecule has 0 bridgehead atoms. The standard InChI is InChI=1S/C9H16N2OS/c1-7(2)9(12)5-10-3-8-4-11-6-13-8/h4,6-7,9-10,12H,3,5H2,1-2H3. The number of rotatable bonds is 5. The van der Waals surface area contributed by atoms with Crippen LogP contribution in [0.4, 0.5) is 0 Å². The smallest absolute Gasteiger partial charge is 0.0794 e. The van der Waals surface area contributed by atoms with E-state index in [0.29, 0.717) is 12.5 Å². The van der Waals surface area contributed by atoms with Crippen molar-refractivity contribution in [3.8, 4) is 0 Å². The van der Waals surface area contributed by atoms with Gasteiger partial charge in [-0.05, 0) is 5.92 Å². The zero-order chi connectivity index (χ0) is 9.68. The molecule has 1 unspecified atom stereocenters. The summed E-state index contributed by atoms with van der Waals surface area (Å²) < 4.78 is 0. The van der Waals surface area contributed by atoms with Gasteiger partial charge in [-0.15, -0.1) is 11.3 Å². The molecule has 0 aromatic carbocycles. The summed E-state index contributed by atoms with van der Waals surface area (Å²) in [5, 5.41) is 12.7. The number of aliphatic hydroxyl groups excluding tert-OH is 1. The minimum absolute atomic E-state index is 0.257. The van der Waals surface area contributed by atoms with Crippen LogP contribution in [0.15, 0.2) is 11.7 Å². The predicted octanol–water partition coefficient (Wildman–Crippen LogP) is 1.25. The summed E-state index contributed by atoms with van der Waals surface area (Å²) in [6, 6.07) is 0. The summed E-state index contributed by atoms with van der Waals surface area (Å²) in [4.78, 5) is 5.18. The fraction of sp³-hybridized carbons (Fsp3) is 0.667. The van der Waals surface area contributed by atoms with Gasteiger partial charge in [0.1, 0.15) is 0 Å². The monoisotopic (exact) mass is 200 g/mol. The van der Waals surface area contributed by atoms with Crippen LogP contribution in [0.5, 0.6) is 0 Å². The van der Waals surface area contributed by atoms with Gasteiger partial charge in [0.25, 0.3) is 0 Å². The SMILES string of the molecule is CC(C)C(O)CNCc1cncs1. The lowest BCUT2D eigenvalue weighted by atomic mass is 10.1. The highest BCUT2D eigenvalue weighted by molar-refractivity contribution is 7.09. The lowest BCUT2D eigenvalue weighted by molar-refractivity contribution is 0.123. The second kappa shape index (κ2) is 5.32. The Morgan fingerprint density at radius 1 is 1.62 bits per heavy atom. The van der Waals surface area contributed by atoms with Gasteiger partial charge in [0, 0.05) is 24.2 Å². The summed E-state index contributed by atoms with van der Waals surface area (Å²) in [5.74, 6) is 0.314. The highest BCUT2D eigenvalue weighted by atomic mass is 32.1. The van der Waals surface area contributed by atoms with Crippen LogP contribution in [-0.2, 0) is 6.54 Å². The molecule has 0 aliphatic rings. The summed E-state index contributed by atoms with van der Waals surface area (Å²) in [6.07, 6.45) is 1.59. The van der Waals surface area contributed by atoms with Crippen LogP contribution in [0, 0.1) is 5.92 Å². The minimum Gasteiger partial charge on any atom is -0.392 e. The van der Waals surface area contributed by atoms with Crippen molar-refractivity contribution in [2.75, 3.05) is 6.54 Å². The first-order valence-electron chi connectivity index (χ1n) is 4.46.